The van der Waals surface area contributed by atoms with Crippen molar-refractivity contribution in [3.05, 3.63) is 24.2 Å². The Labute approximate surface area is 180 Å². The van der Waals surface area contributed by atoms with Crippen molar-refractivity contribution >= 4 is 29.9 Å². The second kappa shape index (κ2) is 10.1. The van der Waals surface area contributed by atoms with Gasteiger partial charge in [-0.3, -0.25) is 4.99 Å². The standard InChI is InChI=1S/C21H33N3O2.HI/c1-2-25-15-17-8-10-24(14-17)21(22-9-7-19-4-3-11-26-19)23-20-13-16-5-6-18(20)12-16;/h3-4,11,16-18,20H,2,5-10,12-15H2,1H3,(H,22,23);1H. The summed E-state index contributed by atoms with van der Waals surface area (Å²) < 4.78 is 11.1. The van der Waals surface area contributed by atoms with Crippen LogP contribution in [0.15, 0.2) is 27.8 Å². The van der Waals surface area contributed by atoms with Crippen LogP contribution in [0.25, 0.3) is 0 Å². The zero-order valence-corrected chi connectivity index (χ0v) is 18.8. The summed E-state index contributed by atoms with van der Waals surface area (Å²) >= 11 is 0. The molecule has 0 aromatic carbocycles. The largest absolute Gasteiger partial charge is 0.469 e. The number of fused-ring (bicyclic) bond motifs is 2. The van der Waals surface area contributed by atoms with Gasteiger partial charge in [0.05, 0.1) is 12.9 Å². The molecule has 0 radical (unpaired) electrons. The third-order valence-corrected chi connectivity index (χ3v) is 6.40. The Bertz CT molecular complexity index is 592. The van der Waals surface area contributed by atoms with Gasteiger partial charge in [-0.15, -0.1) is 24.0 Å². The molecule has 0 spiro atoms. The van der Waals surface area contributed by atoms with Gasteiger partial charge in [-0.05, 0) is 56.6 Å². The number of hydrogen-bond donors (Lipinski definition) is 1. The highest BCUT2D eigenvalue weighted by Gasteiger charge is 2.40. The molecule has 1 aromatic heterocycles. The van der Waals surface area contributed by atoms with Crippen molar-refractivity contribution < 1.29 is 9.15 Å². The van der Waals surface area contributed by atoms with Crippen molar-refractivity contribution in [1.82, 2.24) is 10.2 Å². The first-order valence-corrected chi connectivity index (χ1v) is 10.5. The van der Waals surface area contributed by atoms with E-state index in [0.29, 0.717) is 12.0 Å². The Morgan fingerprint density at radius 3 is 2.96 bits per heavy atom. The van der Waals surface area contributed by atoms with Crippen LogP contribution < -0.4 is 5.32 Å². The van der Waals surface area contributed by atoms with Crippen molar-refractivity contribution in [3.8, 4) is 0 Å². The molecule has 1 aliphatic heterocycles. The molecule has 4 atom stereocenters. The van der Waals surface area contributed by atoms with Crippen LogP contribution in [0.5, 0.6) is 0 Å². The summed E-state index contributed by atoms with van der Waals surface area (Å²) in [6, 6.07) is 4.61. The van der Waals surface area contributed by atoms with E-state index in [4.69, 9.17) is 14.1 Å². The van der Waals surface area contributed by atoms with Crippen LogP contribution in [-0.2, 0) is 11.2 Å². The Morgan fingerprint density at radius 2 is 2.26 bits per heavy atom. The second-order valence-corrected chi connectivity index (χ2v) is 8.22. The topological polar surface area (TPSA) is 50.0 Å². The monoisotopic (exact) mass is 487 g/mol. The van der Waals surface area contributed by atoms with E-state index in [1.165, 1.54) is 32.1 Å². The Kier molecular flexibility index (Phi) is 7.87. The maximum absolute atomic E-state index is 5.65. The normalized spacial score (nSPS) is 30.0. The van der Waals surface area contributed by atoms with Gasteiger partial charge in [0.15, 0.2) is 5.96 Å². The maximum Gasteiger partial charge on any atom is 0.194 e. The summed E-state index contributed by atoms with van der Waals surface area (Å²) in [5.74, 6) is 4.58. The van der Waals surface area contributed by atoms with Crippen LogP contribution in [0, 0.1) is 17.8 Å². The number of rotatable bonds is 7. The summed E-state index contributed by atoms with van der Waals surface area (Å²) in [5.41, 5.74) is 0. The fourth-order valence-electron chi connectivity index (χ4n) is 5.00. The molecule has 2 aliphatic carbocycles. The molecule has 2 heterocycles. The Morgan fingerprint density at radius 1 is 1.33 bits per heavy atom. The number of aliphatic imine (C=N–C) groups is 1. The number of ether oxygens (including phenoxy) is 1. The van der Waals surface area contributed by atoms with Gasteiger partial charge < -0.3 is 19.4 Å². The summed E-state index contributed by atoms with van der Waals surface area (Å²) in [6.45, 7) is 6.69. The minimum Gasteiger partial charge on any atom is -0.469 e. The van der Waals surface area contributed by atoms with Crippen LogP contribution in [0.4, 0.5) is 0 Å². The lowest BCUT2D eigenvalue weighted by Crippen LogP contribution is -2.47. The summed E-state index contributed by atoms with van der Waals surface area (Å²) in [7, 11) is 0. The number of nitrogens with one attached hydrogen (secondary N) is 1. The van der Waals surface area contributed by atoms with Crippen molar-refractivity contribution in [2.75, 3.05) is 32.8 Å². The molecule has 27 heavy (non-hydrogen) atoms. The average Bonchev–Trinajstić information content (AvgIpc) is 3.43. The maximum atomic E-state index is 5.65. The number of likely N-dealkylation sites (tertiary alicyclic amines) is 1. The molecule has 1 saturated heterocycles. The van der Waals surface area contributed by atoms with Gasteiger partial charge in [0.2, 0.25) is 0 Å². The SMILES string of the molecule is CCOCC1CCN(C(=NCCc2ccco2)NC2CC3CCC2C3)C1.I. The quantitative estimate of drug-likeness (QED) is 0.360. The van der Waals surface area contributed by atoms with Crippen molar-refractivity contribution in [2.45, 2.75) is 51.5 Å². The van der Waals surface area contributed by atoms with Crippen molar-refractivity contribution in [2.24, 2.45) is 22.7 Å². The number of halogens is 1. The molecule has 1 aromatic rings. The van der Waals surface area contributed by atoms with Gasteiger partial charge in [-0.1, -0.05) is 6.42 Å². The number of guanidine groups is 1. The third-order valence-electron chi connectivity index (χ3n) is 6.40. The van der Waals surface area contributed by atoms with E-state index < -0.39 is 0 Å². The van der Waals surface area contributed by atoms with Gasteiger partial charge >= 0.3 is 0 Å². The molecule has 4 rings (SSSR count). The van der Waals surface area contributed by atoms with Crippen LogP contribution in [0.1, 0.15) is 44.8 Å². The predicted molar refractivity (Wildman–Crippen MR) is 119 cm³/mol. The number of hydrogen-bond acceptors (Lipinski definition) is 3. The summed E-state index contributed by atoms with van der Waals surface area (Å²) in [4.78, 5) is 7.43. The molecule has 2 saturated carbocycles. The van der Waals surface area contributed by atoms with Crippen molar-refractivity contribution in [1.29, 1.82) is 0 Å². The first-order valence-electron chi connectivity index (χ1n) is 10.5. The lowest BCUT2D eigenvalue weighted by molar-refractivity contribution is 0.114. The first kappa shape index (κ1) is 21.0. The number of nitrogens with zero attached hydrogens (tertiary/aromatic N) is 2. The van der Waals surface area contributed by atoms with E-state index in [-0.39, 0.29) is 24.0 Å². The minimum absolute atomic E-state index is 0. The minimum atomic E-state index is 0. The molecule has 4 unspecified atom stereocenters. The molecule has 0 amide bonds. The zero-order chi connectivity index (χ0) is 17.8. The van der Waals surface area contributed by atoms with E-state index in [0.717, 1.165) is 62.8 Å². The van der Waals surface area contributed by atoms with Crippen LogP contribution >= 0.6 is 24.0 Å². The first-order chi connectivity index (χ1) is 12.8. The molecule has 6 heteroatoms. The predicted octanol–water partition coefficient (Wildman–Crippen LogP) is 3.93. The van der Waals surface area contributed by atoms with Gasteiger partial charge in [-0.25, -0.2) is 0 Å². The fraction of sp³-hybridized carbons (Fsp3) is 0.762. The molecule has 3 aliphatic rings. The third kappa shape index (κ3) is 5.40. The van der Waals surface area contributed by atoms with Gasteiger partial charge in [0.1, 0.15) is 5.76 Å². The Balaban J connectivity index is 0.00000210. The van der Waals surface area contributed by atoms with E-state index >= 15 is 0 Å². The summed E-state index contributed by atoms with van der Waals surface area (Å²) in [6.07, 6.45) is 9.40. The van der Waals surface area contributed by atoms with Crippen molar-refractivity contribution in [3.63, 3.8) is 0 Å². The molecule has 5 nitrogen and oxygen atoms in total. The fourth-order valence-corrected chi connectivity index (χ4v) is 5.00. The lowest BCUT2D eigenvalue weighted by atomic mass is 9.95. The molecule has 1 N–H and O–H groups in total. The van der Waals surface area contributed by atoms with Gasteiger partial charge in [0, 0.05) is 44.6 Å². The average molecular weight is 487 g/mol. The smallest absolute Gasteiger partial charge is 0.194 e. The van der Waals surface area contributed by atoms with Gasteiger partial charge in [0.25, 0.3) is 0 Å². The van der Waals surface area contributed by atoms with Crippen LogP contribution in [0.2, 0.25) is 0 Å². The summed E-state index contributed by atoms with van der Waals surface area (Å²) in [5, 5.41) is 3.85. The highest BCUT2D eigenvalue weighted by Crippen LogP contribution is 2.44. The molecule has 152 valence electrons. The second-order valence-electron chi connectivity index (χ2n) is 8.22. The van der Waals surface area contributed by atoms with E-state index in [2.05, 4.69) is 17.1 Å². The highest BCUT2D eigenvalue weighted by molar-refractivity contribution is 14.0. The lowest BCUT2D eigenvalue weighted by Gasteiger charge is -2.29. The Hall–Kier alpha value is -0.760. The zero-order valence-electron chi connectivity index (χ0n) is 16.4. The molecule has 2 bridgehead atoms. The van der Waals surface area contributed by atoms with E-state index in [9.17, 15) is 0 Å². The highest BCUT2D eigenvalue weighted by atomic mass is 127. The van der Waals surface area contributed by atoms with E-state index in [1.807, 2.05) is 12.1 Å². The molecular weight excluding hydrogens is 453 g/mol. The van der Waals surface area contributed by atoms with Crippen LogP contribution in [-0.4, -0.2) is 49.7 Å². The van der Waals surface area contributed by atoms with E-state index in [1.54, 1.807) is 6.26 Å². The number of furan rings is 1. The molecule has 3 fully saturated rings. The molecular formula is C21H34IN3O2. The van der Waals surface area contributed by atoms with Gasteiger partial charge in [-0.2, -0.15) is 0 Å². The van der Waals surface area contributed by atoms with Crippen LogP contribution in [0.3, 0.4) is 0 Å².